The van der Waals surface area contributed by atoms with Crippen LogP contribution in [-0.2, 0) is 32.9 Å². The summed E-state index contributed by atoms with van der Waals surface area (Å²) in [7, 11) is 0. The minimum absolute atomic E-state index is 0.238. The normalized spacial score (nSPS) is 16.7. The largest absolute Gasteiger partial charge is 0.507 e. The second kappa shape index (κ2) is 9.86. The van der Waals surface area contributed by atoms with Gasteiger partial charge in [-0.2, -0.15) is 0 Å². The maximum atomic E-state index is 12.6. The van der Waals surface area contributed by atoms with Gasteiger partial charge < -0.3 is 20.4 Å². The topological polar surface area (TPSA) is 80.9 Å². The number of phenolic OH excluding ortho intramolecular Hbond substituents is 2. The molecular weight excluding hydrogens is 472 g/mol. The molecule has 0 saturated heterocycles. The monoisotopic (exact) mass is 526 g/mol. The smallest absolute Gasteiger partial charge is 0.123 e. The molecule has 0 aliphatic rings. The van der Waals surface area contributed by atoms with Gasteiger partial charge in [0.05, 0.1) is 0 Å². The molecule has 214 valence electrons. The van der Waals surface area contributed by atoms with Crippen LogP contribution in [0.5, 0.6) is 11.5 Å². The average Bonchev–Trinajstić information content (AvgIpc) is 2.74. The van der Waals surface area contributed by atoms with Gasteiger partial charge in [0.15, 0.2) is 0 Å². The molecule has 0 aromatic heterocycles. The number of hydrogen-bond acceptors (Lipinski definition) is 4. The zero-order valence-electron chi connectivity index (χ0n) is 26.5. The van der Waals surface area contributed by atoms with E-state index < -0.39 is 11.2 Å². The summed E-state index contributed by atoms with van der Waals surface area (Å²) in [4.78, 5) is 0. The molecule has 4 N–H and O–H groups in total. The van der Waals surface area contributed by atoms with E-state index in [1.165, 1.54) is 0 Å². The van der Waals surface area contributed by atoms with E-state index in [1.54, 1.807) is 0 Å². The van der Waals surface area contributed by atoms with E-state index in [4.69, 9.17) is 0 Å². The van der Waals surface area contributed by atoms with Crippen molar-refractivity contribution in [2.24, 2.45) is 0 Å². The van der Waals surface area contributed by atoms with Crippen molar-refractivity contribution in [3.8, 4) is 11.5 Å². The van der Waals surface area contributed by atoms with Crippen LogP contribution in [0, 0.1) is 0 Å². The molecule has 0 radical (unpaired) electrons. The molecule has 0 spiro atoms. The van der Waals surface area contributed by atoms with E-state index in [0.717, 1.165) is 22.3 Å². The lowest BCUT2D eigenvalue weighted by molar-refractivity contribution is -0.169. The molecule has 2 aromatic rings. The van der Waals surface area contributed by atoms with E-state index in [9.17, 15) is 20.4 Å². The predicted octanol–water partition coefficient (Wildman–Crippen LogP) is 8.18. The fourth-order valence-corrected chi connectivity index (χ4v) is 5.50. The van der Waals surface area contributed by atoms with Crippen LogP contribution in [0.15, 0.2) is 24.3 Å². The third kappa shape index (κ3) is 5.63. The minimum Gasteiger partial charge on any atom is -0.507 e. The lowest BCUT2D eigenvalue weighted by atomic mass is 9.66. The van der Waals surface area contributed by atoms with Crippen LogP contribution in [-0.4, -0.2) is 20.4 Å². The first-order valence-electron chi connectivity index (χ1n) is 14.1. The zero-order chi connectivity index (χ0) is 29.9. The maximum absolute atomic E-state index is 12.6. The van der Waals surface area contributed by atoms with Gasteiger partial charge in [-0.1, -0.05) is 96.9 Å². The first-order valence-corrected chi connectivity index (χ1v) is 14.1. The second-order valence-corrected chi connectivity index (χ2v) is 15.3. The summed E-state index contributed by atoms with van der Waals surface area (Å²) in [5, 5.41) is 47.8. The molecule has 2 atom stereocenters. The fourth-order valence-electron chi connectivity index (χ4n) is 5.50. The van der Waals surface area contributed by atoms with Gasteiger partial charge in [0, 0.05) is 0 Å². The maximum Gasteiger partial charge on any atom is 0.123 e. The van der Waals surface area contributed by atoms with Crippen LogP contribution in [0.4, 0.5) is 0 Å². The van der Waals surface area contributed by atoms with Crippen molar-refractivity contribution >= 4 is 0 Å². The lowest BCUT2D eigenvalue weighted by Crippen LogP contribution is -2.49. The Morgan fingerprint density at radius 3 is 0.763 bits per heavy atom. The van der Waals surface area contributed by atoms with Crippen molar-refractivity contribution in [2.75, 3.05) is 0 Å². The van der Waals surface area contributed by atoms with Gasteiger partial charge in [-0.05, 0) is 92.1 Å². The summed E-state index contributed by atoms with van der Waals surface area (Å²) in [6.07, 6.45) is 0.512. The van der Waals surface area contributed by atoms with Gasteiger partial charge >= 0.3 is 0 Å². The lowest BCUT2D eigenvalue weighted by Gasteiger charge is -2.45. The van der Waals surface area contributed by atoms with Crippen molar-refractivity contribution in [1.82, 2.24) is 0 Å². The van der Waals surface area contributed by atoms with E-state index in [2.05, 4.69) is 0 Å². The van der Waals surface area contributed by atoms with E-state index >= 15 is 0 Å². The summed E-state index contributed by atoms with van der Waals surface area (Å²) >= 11 is 0. The standard InChI is InChI=1S/C34H54O4/c1-15-33(37,21-17-23(29(3,4)5)27(35)24(18-21)30(6,7)8)34(38,16-2)22-19-25(31(9,10)11)28(36)26(20-22)32(12,13)14/h17-20,35-38H,15-16H2,1-14H3/t33-,34-/m1/s1. The van der Waals surface area contributed by atoms with Crippen LogP contribution in [0.25, 0.3) is 0 Å². The molecule has 0 amide bonds. The summed E-state index contributed by atoms with van der Waals surface area (Å²) in [6, 6.07) is 7.46. The van der Waals surface area contributed by atoms with Gasteiger partial charge in [-0.15, -0.1) is 0 Å². The van der Waals surface area contributed by atoms with Crippen LogP contribution in [0.3, 0.4) is 0 Å². The Morgan fingerprint density at radius 1 is 0.447 bits per heavy atom. The highest BCUT2D eigenvalue weighted by molar-refractivity contribution is 5.55. The molecule has 0 aliphatic heterocycles. The Bertz CT molecular complexity index is 1000. The van der Waals surface area contributed by atoms with E-state index in [0.29, 0.717) is 11.1 Å². The second-order valence-electron chi connectivity index (χ2n) is 15.3. The highest BCUT2D eigenvalue weighted by Gasteiger charge is 2.51. The Labute approximate surface area is 232 Å². The van der Waals surface area contributed by atoms with Crippen molar-refractivity contribution in [3.05, 3.63) is 57.6 Å². The molecule has 0 fully saturated rings. The molecule has 4 nitrogen and oxygen atoms in total. The third-order valence-corrected chi connectivity index (χ3v) is 8.11. The van der Waals surface area contributed by atoms with Crippen LogP contribution in [0.2, 0.25) is 0 Å². The van der Waals surface area contributed by atoms with Crippen molar-refractivity contribution in [2.45, 2.75) is 143 Å². The molecule has 0 unspecified atom stereocenters. The predicted molar refractivity (Wildman–Crippen MR) is 159 cm³/mol. The van der Waals surface area contributed by atoms with E-state index in [1.807, 2.05) is 121 Å². The molecule has 4 heteroatoms. The number of hydrogen-bond donors (Lipinski definition) is 4. The number of rotatable bonds is 5. The molecule has 38 heavy (non-hydrogen) atoms. The van der Waals surface area contributed by atoms with Crippen LogP contribution >= 0.6 is 0 Å². The Morgan fingerprint density at radius 2 is 0.632 bits per heavy atom. The molecule has 0 bridgehead atoms. The van der Waals surface area contributed by atoms with Gasteiger partial charge in [-0.3, -0.25) is 0 Å². The van der Waals surface area contributed by atoms with Crippen molar-refractivity contribution in [1.29, 1.82) is 0 Å². The zero-order valence-corrected chi connectivity index (χ0v) is 26.5. The average molecular weight is 527 g/mol. The van der Waals surface area contributed by atoms with Crippen LogP contribution < -0.4 is 0 Å². The Kier molecular flexibility index (Phi) is 8.34. The Hall–Kier alpha value is -2.04. The number of aliphatic hydroxyl groups is 2. The third-order valence-electron chi connectivity index (χ3n) is 8.11. The summed E-state index contributed by atoms with van der Waals surface area (Å²) in [5.41, 5.74) is -0.709. The van der Waals surface area contributed by atoms with Crippen molar-refractivity contribution in [3.63, 3.8) is 0 Å². The number of aromatic hydroxyl groups is 2. The fraction of sp³-hybridized carbons (Fsp3) is 0.647. The number of phenols is 2. The van der Waals surface area contributed by atoms with Gasteiger partial charge in [0.2, 0.25) is 0 Å². The number of benzene rings is 2. The quantitative estimate of drug-likeness (QED) is 0.317. The minimum atomic E-state index is -1.66. The van der Waals surface area contributed by atoms with Gasteiger partial charge in [0.25, 0.3) is 0 Å². The SMILES string of the molecule is CC[C@@](O)(c1cc(C(C)(C)C)c(O)c(C(C)(C)C)c1)[C@@](O)(CC)c1cc(C(C)(C)C)c(O)c(C(C)(C)C)c1. The molecule has 2 aromatic carbocycles. The summed E-state index contributed by atoms with van der Waals surface area (Å²) in [6.45, 7) is 28.3. The summed E-state index contributed by atoms with van der Waals surface area (Å²) in [5.74, 6) is 0.476. The molecular formula is C34H54O4. The molecule has 0 saturated carbocycles. The molecule has 2 rings (SSSR count). The van der Waals surface area contributed by atoms with Gasteiger partial charge in [0.1, 0.15) is 22.7 Å². The van der Waals surface area contributed by atoms with Gasteiger partial charge in [-0.25, -0.2) is 0 Å². The highest BCUT2D eigenvalue weighted by Crippen LogP contribution is 2.51. The first-order chi connectivity index (χ1) is 16.9. The molecule has 0 aliphatic carbocycles. The van der Waals surface area contributed by atoms with E-state index in [-0.39, 0.29) is 46.0 Å². The molecule has 0 heterocycles. The highest BCUT2D eigenvalue weighted by atomic mass is 16.4. The summed E-state index contributed by atoms with van der Waals surface area (Å²) < 4.78 is 0. The van der Waals surface area contributed by atoms with Crippen LogP contribution in [0.1, 0.15) is 143 Å². The Balaban J connectivity index is 3.07. The van der Waals surface area contributed by atoms with Crippen molar-refractivity contribution < 1.29 is 20.4 Å². The first kappa shape index (κ1) is 32.2.